The van der Waals surface area contributed by atoms with E-state index in [0.29, 0.717) is 23.8 Å². The molecule has 0 saturated carbocycles. The van der Waals surface area contributed by atoms with Crippen LogP contribution in [0.3, 0.4) is 0 Å². The second-order valence-electron chi connectivity index (χ2n) is 5.44. The van der Waals surface area contributed by atoms with Crippen molar-refractivity contribution in [3.8, 4) is 0 Å². The van der Waals surface area contributed by atoms with Crippen LogP contribution < -0.4 is 10.6 Å². The van der Waals surface area contributed by atoms with Crippen molar-refractivity contribution >= 4 is 55.3 Å². The molecular weight excluding hydrogens is 480 g/mol. The van der Waals surface area contributed by atoms with Crippen LogP contribution in [0.5, 0.6) is 0 Å². The Labute approximate surface area is 170 Å². The van der Waals surface area contributed by atoms with Gasteiger partial charge in [0.05, 0.1) is 0 Å². The van der Waals surface area contributed by atoms with E-state index in [0.717, 1.165) is 20.3 Å². The van der Waals surface area contributed by atoms with Gasteiger partial charge in [0.25, 0.3) is 0 Å². The topological polar surface area (TPSA) is 102 Å². The van der Waals surface area contributed by atoms with Crippen molar-refractivity contribution in [2.75, 3.05) is 10.6 Å². The second-order valence-corrected chi connectivity index (χ2v) is 7.27. The van der Waals surface area contributed by atoms with Crippen LogP contribution in [0, 0.1) is 0 Å². The predicted octanol–water partition coefficient (Wildman–Crippen LogP) is 5.06. The lowest BCUT2D eigenvalue weighted by molar-refractivity contribution is 0.469. The Morgan fingerprint density at radius 1 is 0.630 bits per heavy atom. The van der Waals surface area contributed by atoms with Crippen molar-refractivity contribution in [1.82, 2.24) is 20.4 Å². The average Bonchev–Trinajstić information content (AvgIpc) is 3.29. The van der Waals surface area contributed by atoms with Gasteiger partial charge in [-0.3, -0.25) is 0 Å². The molecule has 27 heavy (non-hydrogen) atoms. The average molecular weight is 492 g/mol. The summed E-state index contributed by atoms with van der Waals surface area (Å²) in [6, 6.07) is 15.8. The first-order chi connectivity index (χ1) is 13.1. The summed E-state index contributed by atoms with van der Waals surface area (Å²) in [6.07, 6.45) is 0.240. The molecule has 2 N–H and O–H groups in total. The molecule has 0 aliphatic heterocycles. The molecule has 2 heterocycles. The van der Waals surface area contributed by atoms with Crippen molar-refractivity contribution in [1.29, 1.82) is 0 Å². The minimum Gasteiger partial charge on any atom is -0.407 e. The number of anilines is 4. The van der Waals surface area contributed by atoms with Gasteiger partial charge in [0.2, 0.25) is 11.8 Å². The molecule has 0 fully saturated rings. The zero-order chi connectivity index (χ0) is 18.6. The highest BCUT2D eigenvalue weighted by Crippen LogP contribution is 2.21. The van der Waals surface area contributed by atoms with Crippen LogP contribution in [0.1, 0.15) is 11.8 Å². The molecule has 0 aliphatic carbocycles. The molecular formula is C17H12Br2N6O2. The second kappa shape index (κ2) is 7.89. The summed E-state index contributed by atoms with van der Waals surface area (Å²) >= 11 is 6.78. The molecule has 0 bridgehead atoms. The molecule has 0 amide bonds. The first-order valence-corrected chi connectivity index (χ1v) is 9.42. The van der Waals surface area contributed by atoms with E-state index in [2.05, 4.69) is 62.9 Å². The third kappa shape index (κ3) is 4.72. The van der Waals surface area contributed by atoms with Gasteiger partial charge in [-0.2, -0.15) is 0 Å². The number of nitrogens with one attached hydrogen (secondary N) is 2. The SMILES string of the molecule is Brc1ccc(Nc2nnc(Cc3nnc(Nc4ccc(Br)cc4)o3)o2)cc1. The number of hydrogen-bond donors (Lipinski definition) is 2. The van der Waals surface area contributed by atoms with Crippen molar-refractivity contribution in [2.24, 2.45) is 0 Å². The van der Waals surface area contributed by atoms with Gasteiger partial charge in [0.1, 0.15) is 6.42 Å². The van der Waals surface area contributed by atoms with Crippen LogP contribution >= 0.6 is 31.9 Å². The summed E-state index contributed by atoms with van der Waals surface area (Å²) in [7, 11) is 0. The molecule has 8 nitrogen and oxygen atoms in total. The van der Waals surface area contributed by atoms with Crippen molar-refractivity contribution in [2.45, 2.75) is 6.42 Å². The van der Waals surface area contributed by atoms with Crippen LogP contribution in [0.25, 0.3) is 0 Å². The van der Waals surface area contributed by atoms with Gasteiger partial charge in [0.15, 0.2) is 0 Å². The monoisotopic (exact) mass is 490 g/mol. The number of rotatable bonds is 6. The van der Waals surface area contributed by atoms with E-state index in [9.17, 15) is 0 Å². The first-order valence-electron chi connectivity index (χ1n) is 7.84. The number of benzene rings is 2. The Morgan fingerprint density at radius 2 is 1.04 bits per heavy atom. The molecule has 0 saturated heterocycles. The van der Waals surface area contributed by atoms with E-state index >= 15 is 0 Å². The molecule has 2 aromatic carbocycles. The minimum atomic E-state index is 0.240. The highest BCUT2D eigenvalue weighted by atomic mass is 79.9. The number of hydrogen-bond acceptors (Lipinski definition) is 8. The fraction of sp³-hybridized carbons (Fsp3) is 0.0588. The molecule has 136 valence electrons. The van der Waals surface area contributed by atoms with Gasteiger partial charge in [0, 0.05) is 20.3 Å². The zero-order valence-electron chi connectivity index (χ0n) is 13.7. The molecule has 0 atom stereocenters. The molecule has 10 heteroatoms. The van der Waals surface area contributed by atoms with Gasteiger partial charge < -0.3 is 19.5 Å². The fourth-order valence-electron chi connectivity index (χ4n) is 2.19. The predicted molar refractivity (Wildman–Crippen MR) is 106 cm³/mol. The normalized spacial score (nSPS) is 10.7. The maximum atomic E-state index is 5.56. The Hall–Kier alpha value is -2.72. The van der Waals surface area contributed by atoms with E-state index in [1.54, 1.807) is 0 Å². The molecule has 0 unspecified atom stereocenters. The van der Waals surface area contributed by atoms with E-state index in [4.69, 9.17) is 8.83 Å². The quantitative estimate of drug-likeness (QED) is 0.386. The van der Waals surface area contributed by atoms with Gasteiger partial charge in [-0.25, -0.2) is 0 Å². The maximum Gasteiger partial charge on any atom is 0.320 e. The maximum absolute atomic E-state index is 5.56. The summed E-state index contributed by atoms with van der Waals surface area (Å²) in [5.41, 5.74) is 1.68. The summed E-state index contributed by atoms with van der Waals surface area (Å²) < 4.78 is 13.1. The summed E-state index contributed by atoms with van der Waals surface area (Å²) in [5.74, 6) is 0.738. The molecule has 0 aliphatic rings. The lowest BCUT2D eigenvalue weighted by Crippen LogP contribution is -1.89. The van der Waals surface area contributed by atoms with Crippen molar-refractivity contribution < 1.29 is 8.83 Å². The zero-order valence-corrected chi connectivity index (χ0v) is 16.9. The summed E-state index contributed by atoms with van der Waals surface area (Å²) in [6.45, 7) is 0. The van der Waals surface area contributed by atoms with Crippen LogP contribution in [-0.4, -0.2) is 20.4 Å². The molecule has 4 rings (SSSR count). The molecule has 2 aromatic heterocycles. The summed E-state index contributed by atoms with van der Waals surface area (Å²) in [5, 5.41) is 22.0. The Bertz CT molecular complexity index is 947. The first kappa shape index (κ1) is 17.7. The standard InChI is InChI=1S/C17H12Br2N6O2/c18-10-1-5-12(6-2-10)20-16-24-22-14(26-16)9-15-23-25-17(27-15)21-13-7-3-11(19)4-8-13/h1-8H,9H2,(H,20,24)(H,21,25). The van der Waals surface area contributed by atoms with Crippen LogP contribution in [0.4, 0.5) is 23.4 Å². The van der Waals surface area contributed by atoms with E-state index in [1.165, 1.54) is 0 Å². The Balaban J connectivity index is 1.38. The van der Waals surface area contributed by atoms with Crippen LogP contribution in [0.15, 0.2) is 66.3 Å². The fourth-order valence-corrected chi connectivity index (χ4v) is 2.72. The van der Waals surface area contributed by atoms with E-state index < -0.39 is 0 Å². The van der Waals surface area contributed by atoms with Gasteiger partial charge in [-0.1, -0.05) is 42.1 Å². The molecule has 4 aromatic rings. The Kier molecular flexibility index (Phi) is 5.16. The van der Waals surface area contributed by atoms with Crippen LogP contribution in [0.2, 0.25) is 0 Å². The highest BCUT2D eigenvalue weighted by Gasteiger charge is 2.13. The number of aromatic nitrogens is 4. The van der Waals surface area contributed by atoms with Gasteiger partial charge >= 0.3 is 12.0 Å². The minimum absolute atomic E-state index is 0.240. The Morgan fingerprint density at radius 3 is 1.44 bits per heavy atom. The highest BCUT2D eigenvalue weighted by molar-refractivity contribution is 9.10. The molecule has 0 spiro atoms. The van der Waals surface area contributed by atoms with Crippen molar-refractivity contribution in [3.63, 3.8) is 0 Å². The third-order valence-electron chi connectivity index (χ3n) is 3.43. The van der Waals surface area contributed by atoms with Crippen LogP contribution in [-0.2, 0) is 6.42 Å². The number of nitrogens with zero attached hydrogens (tertiary/aromatic N) is 4. The van der Waals surface area contributed by atoms with Crippen molar-refractivity contribution in [3.05, 3.63) is 69.3 Å². The lowest BCUT2D eigenvalue weighted by atomic mass is 10.3. The smallest absolute Gasteiger partial charge is 0.320 e. The van der Waals surface area contributed by atoms with E-state index in [-0.39, 0.29) is 6.42 Å². The van der Waals surface area contributed by atoms with E-state index in [1.807, 2.05) is 48.5 Å². The largest absolute Gasteiger partial charge is 0.407 e. The van der Waals surface area contributed by atoms with Gasteiger partial charge in [-0.05, 0) is 48.5 Å². The van der Waals surface area contributed by atoms with Gasteiger partial charge in [-0.15, -0.1) is 10.2 Å². The summed E-state index contributed by atoms with van der Waals surface area (Å²) in [4.78, 5) is 0. The number of halogens is 2. The lowest BCUT2D eigenvalue weighted by Gasteiger charge is -2.00. The molecule has 0 radical (unpaired) electrons. The third-order valence-corrected chi connectivity index (χ3v) is 4.48.